The summed E-state index contributed by atoms with van der Waals surface area (Å²) in [5.41, 5.74) is 0.838. The van der Waals surface area contributed by atoms with Crippen LogP contribution in [0.5, 0.6) is 5.75 Å². The van der Waals surface area contributed by atoms with Crippen LogP contribution >= 0.6 is 0 Å². The number of carbonyl (C=O) groups is 1. The lowest BCUT2D eigenvalue weighted by Crippen LogP contribution is -3.16. The second-order valence-corrected chi connectivity index (χ2v) is 10.2. The van der Waals surface area contributed by atoms with E-state index in [1.54, 1.807) is 6.07 Å². The van der Waals surface area contributed by atoms with Crippen molar-refractivity contribution in [2.24, 2.45) is 0 Å². The Hall–Kier alpha value is -1.80. The molecule has 0 bridgehead atoms. The highest BCUT2D eigenvalue weighted by atomic mass is 32.2. The summed E-state index contributed by atoms with van der Waals surface area (Å²) in [6, 6.07) is 7.19. The van der Waals surface area contributed by atoms with Crippen LogP contribution in [0.3, 0.4) is 0 Å². The number of para-hydroxylation sites is 2. The van der Waals surface area contributed by atoms with Gasteiger partial charge in [0, 0.05) is 12.1 Å². The molecule has 0 spiro atoms. The molecule has 2 fully saturated rings. The van der Waals surface area contributed by atoms with Crippen LogP contribution in [0.25, 0.3) is 0 Å². The number of nitrogens with zero attached hydrogens (tertiary/aromatic N) is 2. The molecular weight excluding hydrogens is 378 g/mol. The van der Waals surface area contributed by atoms with E-state index >= 15 is 0 Å². The van der Waals surface area contributed by atoms with Gasteiger partial charge in [-0.15, -0.1) is 0 Å². The summed E-state index contributed by atoms with van der Waals surface area (Å²) in [7, 11) is -3.02. The number of hydrogen-bond acceptors (Lipinski definition) is 5. The Morgan fingerprint density at radius 3 is 2.57 bits per heavy atom. The molecule has 28 heavy (non-hydrogen) atoms. The fraction of sp³-hybridized carbons (Fsp3) is 0.650. The van der Waals surface area contributed by atoms with Gasteiger partial charge in [0.15, 0.2) is 16.4 Å². The summed E-state index contributed by atoms with van der Waals surface area (Å²) in [6.07, 6.45) is 1.37. The molecule has 2 N–H and O–H groups in total. The molecule has 0 unspecified atom stereocenters. The van der Waals surface area contributed by atoms with Crippen molar-refractivity contribution in [1.82, 2.24) is 4.90 Å². The molecule has 7 nitrogen and oxygen atoms in total. The Kier molecular flexibility index (Phi) is 6.50. The summed E-state index contributed by atoms with van der Waals surface area (Å²) < 4.78 is 23.8. The molecule has 156 valence electrons. The zero-order chi connectivity index (χ0) is 20.3. The number of carbonyl (C=O) groups excluding carboxylic acids is 1. The van der Waals surface area contributed by atoms with Gasteiger partial charge in [-0.25, -0.2) is 8.42 Å². The van der Waals surface area contributed by atoms with Gasteiger partial charge < -0.3 is 19.8 Å². The Bertz CT molecular complexity index is 790. The van der Waals surface area contributed by atoms with Gasteiger partial charge in [-0.05, 0) is 31.9 Å². The quantitative estimate of drug-likeness (QED) is 0.685. The molecule has 8 heteroatoms. The third-order valence-corrected chi connectivity index (χ3v) is 7.80. The van der Waals surface area contributed by atoms with Gasteiger partial charge in [0.1, 0.15) is 5.75 Å². The van der Waals surface area contributed by atoms with E-state index < -0.39 is 9.84 Å². The van der Waals surface area contributed by atoms with Crippen molar-refractivity contribution in [2.75, 3.05) is 49.1 Å². The number of hydrogen-bond donors (Lipinski definition) is 2. The number of rotatable bonds is 6. The average Bonchev–Trinajstić information content (AvgIpc) is 3.02. The van der Waals surface area contributed by atoms with Gasteiger partial charge in [0.05, 0.1) is 43.4 Å². The number of sulfone groups is 1. The average molecular weight is 411 g/mol. The van der Waals surface area contributed by atoms with E-state index in [0.29, 0.717) is 13.0 Å². The molecule has 2 atom stereocenters. The molecule has 2 aliphatic rings. The lowest BCUT2D eigenvalue weighted by molar-refractivity contribution is -0.892. The maximum atomic E-state index is 13.1. The van der Waals surface area contributed by atoms with Crippen LogP contribution in [0.15, 0.2) is 24.3 Å². The monoisotopic (exact) mass is 410 g/mol. The smallest absolute Gasteiger partial charge is 0.278 e. The molecule has 1 aromatic rings. The number of piperazine rings is 1. The van der Waals surface area contributed by atoms with Crippen LogP contribution in [0.1, 0.15) is 26.7 Å². The van der Waals surface area contributed by atoms with E-state index in [2.05, 4.69) is 4.90 Å². The lowest BCUT2D eigenvalue weighted by Gasteiger charge is -2.37. The molecule has 1 aromatic carbocycles. The predicted molar refractivity (Wildman–Crippen MR) is 110 cm³/mol. The second-order valence-electron chi connectivity index (χ2n) is 8.02. The van der Waals surface area contributed by atoms with Gasteiger partial charge in [-0.1, -0.05) is 19.1 Å². The lowest BCUT2D eigenvalue weighted by atomic mass is 10.1. The zero-order valence-corrected chi connectivity index (χ0v) is 17.6. The van der Waals surface area contributed by atoms with Crippen LogP contribution in [-0.4, -0.2) is 80.6 Å². The van der Waals surface area contributed by atoms with E-state index in [1.165, 1.54) is 4.90 Å². The normalized spacial score (nSPS) is 23.5. The molecular formula is C20H32N3O4S+. The van der Waals surface area contributed by atoms with Crippen LogP contribution in [0, 0.1) is 0 Å². The summed E-state index contributed by atoms with van der Waals surface area (Å²) in [5, 5.41) is 10.0. The molecule has 1 amide bonds. The summed E-state index contributed by atoms with van der Waals surface area (Å²) in [5.74, 6) is 0.624. The van der Waals surface area contributed by atoms with Crippen molar-refractivity contribution in [3.8, 4) is 5.75 Å². The molecule has 0 radical (unpaired) electrons. The van der Waals surface area contributed by atoms with E-state index in [1.807, 2.05) is 36.9 Å². The first-order valence-corrected chi connectivity index (χ1v) is 12.0. The van der Waals surface area contributed by atoms with Gasteiger partial charge in [0.25, 0.3) is 5.91 Å². The summed E-state index contributed by atoms with van der Waals surface area (Å²) in [6.45, 7) is 7.63. The van der Waals surface area contributed by atoms with Crippen molar-refractivity contribution >= 4 is 21.4 Å². The molecule has 2 saturated heterocycles. The first-order valence-electron chi connectivity index (χ1n) is 10.2. The van der Waals surface area contributed by atoms with Crippen molar-refractivity contribution in [3.05, 3.63) is 24.3 Å². The van der Waals surface area contributed by atoms with Crippen LogP contribution in [0.4, 0.5) is 5.69 Å². The minimum atomic E-state index is -3.02. The number of aromatic hydroxyl groups is 1. The highest BCUT2D eigenvalue weighted by Gasteiger charge is 2.38. The summed E-state index contributed by atoms with van der Waals surface area (Å²) in [4.78, 5) is 18.3. The molecule has 0 aliphatic carbocycles. The number of amides is 1. The first kappa shape index (κ1) is 20.9. The second kappa shape index (κ2) is 8.69. The molecule has 2 aliphatic heterocycles. The maximum Gasteiger partial charge on any atom is 0.278 e. The van der Waals surface area contributed by atoms with Crippen molar-refractivity contribution in [3.63, 3.8) is 0 Å². The number of benzene rings is 1. The summed E-state index contributed by atoms with van der Waals surface area (Å²) >= 11 is 0. The highest BCUT2D eigenvalue weighted by Crippen LogP contribution is 2.26. The third kappa shape index (κ3) is 4.78. The fourth-order valence-electron chi connectivity index (χ4n) is 4.28. The minimum Gasteiger partial charge on any atom is -0.506 e. The minimum absolute atomic E-state index is 0.0488. The Balaban J connectivity index is 1.59. The molecule has 2 heterocycles. The Morgan fingerprint density at radius 2 is 2.00 bits per heavy atom. The molecule has 0 saturated carbocycles. The molecule has 0 aromatic heterocycles. The van der Waals surface area contributed by atoms with Crippen molar-refractivity contribution in [2.45, 2.75) is 38.8 Å². The number of quaternary nitrogens is 1. The van der Waals surface area contributed by atoms with Crippen molar-refractivity contribution in [1.29, 1.82) is 0 Å². The molecule has 3 rings (SSSR count). The standard InChI is InChI=1S/C20H31N3O4S/c1-3-16(2)23(17-8-13-28(26,27)15-17)20(25)14-21-9-11-22(12-10-21)18-6-4-5-7-19(18)24/h4-7,16-17,24H,3,8-15H2,1-2H3/p+1/t16-,17+/m0/s1. The SMILES string of the molecule is CC[C@H](C)N(C(=O)C[NH+]1CCN(c2ccccc2O)CC1)[C@@H]1CCS(=O)(=O)C1. The van der Waals surface area contributed by atoms with Gasteiger partial charge in [-0.2, -0.15) is 0 Å². The fourth-order valence-corrected chi connectivity index (χ4v) is 5.99. The van der Waals surface area contributed by atoms with E-state index in [0.717, 1.165) is 38.3 Å². The number of phenolic OH excluding ortho intramolecular Hbond substituents is 1. The van der Waals surface area contributed by atoms with Gasteiger partial charge in [0.2, 0.25) is 0 Å². The van der Waals surface area contributed by atoms with E-state index in [4.69, 9.17) is 0 Å². The van der Waals surface area contributed by atoms with E-state index in [-0.39, 0.29) is 35.2 Å². The van der Waals surface area contributed by atoms with Crippen LogP contribution in [-0.2, 0) is 14.6 Å². The first-order chi connectivity index (χ1) is 13.3. The Labute approximate surface area is 167 Å². The van der Waals surface area contributed by atoms with Crippen molar-refractivity contribution < 1.29 is 23.2 Å². The predicted octanol–water partition coefficient (Wildman–Crippen LogP) is -0.0887. The number of anilines is 1. The third-order valence-electron chi connectivity index (χ3n) is 6.05. The number of phenols is 1. The van der Waals surface area contributed by atoms with Crippen LogP contribution in [0.2, 0.25) is 0 Å². The highest BCUT2D eigenvalue weighted by molar-refractivity contribution is 7.91. The Morgan fingerprint density at radius 1 is 1.32 bits per heavy atom. The van der Waals surface area contributed by atoms with Gasteiger partial charge in [-0.3, -0.25) is 4.79 Å². The van der Waals surface area contributed by atoms with Gasteiger partial charge >= 0.3 is 0 Å². The number of nitrogens with one attached hydrogen (secondary N) is 1. The zero-order valence-electron chi connectivity index (χ0n) is 16.8. The largest absolute Gasteiger partial charge is 0.506 e. The maximum absolute atomic E-state index is 13.1. The van der Waals surface area contributed by atoms with E-state index in [9.17, 15) is 18.3 Å². The van der Waals surface area contributed by atoms with Crippen LogP contribution < -0.4 is 9.80 Å². The topological polar surface area (TPSA) is 82.4 Å².